The van der Waals surface area contributed by atoms with Crippen molar-refractivity contribution in [2.24, 2.45) is 0 Å². The Morgan fingerprint density at radius 3 is 2.29 bits per heavy atom. The molecule has 0 saturated heterocycles. The quantitative estimate of drug-likeness (QED) is 0.285. The summed E-state index contributed by atoms with van der Waals surface area (Å²) < 4.78 is 9.53. The van der Waals surface area contributed by atoms with Gasteiger partial charge in [-0.15, -0.1) is 0 Å². The van der Waals surface area contributed by atoms with Crippen molar-refractivity contribution in [1.29, 1.82) is 0 Å². The minimum absolute atomic E-state index is 0. The Hall–Kier alpha value is 1.05. The average molecular weight is 116 g/mol. The van der Waals surface area contributed by atoms with Gasteiger partial charge >= 0.3 is 35.5 Å². The van der Waals surface area contributed by atoms with Crippen LogP contribution in [0, 0.1) is 0 Å². The molecule has 1 atom stereocenters. The molecule has 1 unspecified atom stereocenters. The van der Waals surface area contributed by atoms with Gasteiger partial charge in [-0.3, -0.25) is 0 Å². The molecule has 0 rings (SSSR count). The number of ether oxygens (including phenoxy) is 1. The summed E-state index contributed by atoms with van der Waals surface area (Å²) in [6, 6.07) is 0. The van der Waals surface area contributed by atoms with Crippen LogP contribution >= 0.6 is 0 Å². The van der Waals surface area contributed by atoms with Gasteiger partial charge in [-0.05, 0) is 6.92 Å². The topological polar surface area (TPSA) is 18.5 Å². The molecule has 0 aliphatic rings. The van der Waals surface area contributed by atoms with Crippen LogP contribution in [0.4, 0.5) is 0 Å². The van der Waals surface area contributed by atoms with E-state index < -0.39 is 0 Å². The predicted octanol–water partition coefficient (Wildman–Crippen LogP) is -2.85. The molecule has 7 heavy (non-hydrogen) atoms. The van der Waals surface area contributed by atoms with Crippen LogP contribution in [0.25, 0.3) is 0 Å². The number of hydrogen-bond donors (Lipinski definition) is 0. The van der Waals surface area contributed by atoms with Gasteiger partial charge in [-0.25, -0.2) is 0 Å². The van der Waals surface area contributed by atoms with Gasteiger partial charge in [0.15, 0.2) is 0 Å². The third-order valence-corrected chi connectivity index (χ3v) is 1.33. The van der Waals surface area contributed by atoms with Crippen LogP contribution in [0.1, 0.15) is 11.2 Å². The van der Waals surface area contributed by atoms with E-state index in [2.05, 4.69) is 0 Å². The smallest absolute Gasteiger partial charge is 1.00 e. The summed E-state index contributed by atoms with van der Waals surface area (Å²) in [5.41, 5.74) is 0. The molecule has 0 N–H and O–H groups in total. The monoisotopic (exact) mass is 116 g/mol. The number of rotatable bonds is 2. The summed E-state index contributed by atoms with van der Waals surface area (Å²) in [6.07, 6.45) is -0.00309. The zero-order valence-corrected chi connectivity index (χ0v) is 7.39. The van der Waals surface area contributed by atoms with E-state index in [-0.39, 0.29) is 29.4 Å². The predicted molar refractivity (Wildman–Crippen MR) is 31.4 cm³/mol. The summed E-state index contributed by atoms with van der Waals surface area (Å²) >= 11 is 0.757. The van der Waals surface area contributed by atoms with Crippen LogP contribution in [0.15, 0.2) is 0 Å². The standard InChI is InChI=1S/C3H7O2.Al.Li.2H2.3H/c1-3(4)5-2;;;;;;;/h3H,1-2H3;;;2*1H;;;/q-1;2*+1;;;;;-1. The molecule has 0 radical (unpaired) electrons. The Bertz CT molecular complexity index is 40.9. The molecule has 0 fully saturated rings. The van der Waals surface area contributed by atoms with Crippen LogP contribution in [-0.2, 0) is 8.53 Å². The first kappa shape index (κ1) is 10.9. The second-order valence-electron chi connectivity index (χ2n) is 1.04. The van der Waals surface area contributed by atoms with E-state index in [4.69, 9.17) is 8.53 Å². The van der Waals surface area contributed by atoms with Gasteiger partial charge < -0.3 is 9.95 Å². The summed E-state index contributed by atoms with van der Waals surface area (Å²) in [4.78, 5) is 0. The van der Waals surface area contributed by atoms with E-state index in [1.54, 1.807) is 7.11 Å². The Balaban J connectivity index is -0.0000000208. The molecule has 42 valence electrons. The molecule has 0 aliphatic carbocycles. The number of hydrogen-bond acceptors (Lipinski definition) is 2. The fourth-order valence-corrected chi connectivity index (χ4v) is 0.289. The van der Waals surface area contributed by atoms with Gasteiger partial charge in [0, 0.05) is 9.96 Å². The van der Waals surface area contributed by atoms with E-state index in [0.717, 1.165) is 16.6 Å². The molecule has 0 aliphatic heterocycles. The molecule has 0 heterocycles. The largest absolute Gasteiger partial charge is 1.00 e. The first-order valence-electron chi connectivity index (χ1n) is 1.87. The van der Waals surface area contributed by atoms with E-state index in [1.807, 2.05) is 6.92 Å². The third-order valence-electron chi connectivity index (χ3n) is 0.664. The third kappa shape index (κ3) is 7.05. The SMILES string of the molecule is COC(C)[O][AlH2].[H-].[HH].[HH].[Li+]. The zero-order valence-electron chi connectivity index (χ0n) is 6.39. The summed E-state index contributed by atoms with van der Waals surface area (Å²) in [5.74, 6) is 0. The first-order valence-corrected chi connectivity index (χ1v) is 2.68. The molecule has 0 aromatic heterocycles. The fraction of sp³-hybridized carbons (Fsp3) is 1.00. The minimum atomic E-state index is -0.00309. The Morgan fingerprint density at radius 2 is 2.29 bits per heavy atom. The maximum Gasteiger partial charge on any atom is 1.00 e. The maximum atomic E-state index is 4.82. The number of methoxy groups -OCH3 is 1. The molecule has 4 heteroatoms. The van der Waals surface area contributed by atoms with Crippen molar-refractivity contribution in [1.82, 2.24) is 0 Å². The second kappa shape index (κ2) is 7.05. The van der Waals surface area contributed by atoms with Gasteiger partial charge in [0.1, 0.15) is 6.29 Å². The molecule has 0 spiro atoms. The van der Waals surface area contributed by atoms with Crippen molar-refractivity contribution in [3.8, 4) is 0 Å². The molecule has 0 amide bonds. The van der Waals surface area contributed by atoms with Crippen LogP contribution in [0.3, 0.4) is 0 Å². The molecule has 0 bridgehead atoms. The van der Waals surface area contributed by atoms with E-state index in [9.17, 15) is 0 Å². The fourth-order valence-electron chi connectivity index (χ4n) is 0.0962. The summed E-state index contributed by atoms with van der Waals surface area (Å²) in [5, 5.41) is 0. The maximum absolute atomic E-state index is 4.82. The Kier molecular flexibility index (Phi) is 11.0. The van der Waals surface area contributed by atoms with Crippen molar-refractivity contribution in [3.63, 3.8) is 0 Å². The van der Waals surface area contributed by atoms with E-state index in [1.165, 1.54) is 0 Å². The van der Waals surface area contributed by atoms with Gasteiger partial charge in [0.05, 0.1) is 0 Å². The van der Waals surface area contributed by atoms with Gasteiger partial charge in [-0.2, -0.15) is 0 Å². The molecule has 2 nitrogen and oxygen atoms in total. The molecule has 0 aromatic rings. The van der Waals surface area contributed by atoms with Crippen LogP contribution < -0.4 is 18.9 Å². The Labute approximate surface area is 68.9 Å². The van der Waals surface area contributed by atoms with Crippen molar-refractivity contribution in [2.75, 3.05) is 7.11 Å². The van der Waals surface area contributed by atoms with Crippen LogP contribution in [-0.4, -0.2) is 30.0 Å². The molecule has 0 saturated carbocycles. The first-order chi connectivity index (χ1) is 2.81. The Morgan fingerprint density at radius 1 is 1.86 bits per heavy atom. The van der Waals surface area contributed by atoms with Crippen LogP contribution in [0.5, 0.6) is 0 Å². The molecule has 0 aromatic carbocycles. The van der Waals surface area contributed by atoms with E-state index in [0.29, 0.717) is 0 Å². The minimum Gasteiger partial charge on any atom is -1.00 e. The van der Waals surface area contributed by atoms with Gasteiger partial charge in [0.2, 0.25) is 0 Å². The van der Waals surface area contributed by atoms with Crippen molar-refractivity contribution in [3.05, 3.63) is 0 Å². The average Bonchev–Trinajstić information content (AvgIpc) is 1.65. The van der Waals surface area contributed by atoms with Crippen LogP contribution in [0.2, 0.25) is 0 Å². The summed E-state index contributed by atoms with van der Waals surface area (Å²) in [6.45, 7) is 1.87. The second-order valence-corrected chi connectivity index (χ2v) is 1.51. The van der Waals surface area contributed by atoms with Crippen molar-refractivity contribution in [2.45, 2.75) is 13.2 Å². The normalized spacial score (nSPS) is 12.3. The summed E-state index contributed by atoms with van der Waals surface area (Å²) in [7, 11) is 1.63. The van der Waals surface area contributed by atoms with E-state index >= 15 is 0 Å². The zero-order chi connectivity index (χ0) is 4.99. The van der Waals surface area contributed by atoms with Gasteiger partial charge in [0.25, 0.3) is 0 Å². The van der Waals surface area contributed by atoms with Gasteiger partial charge in [-0.1, -0.05) is 0 Å². The van der Waals surface area contributed by atoms with Crippen molar-refractivity contribution >= 4 is 16.6 Å². The molecular weight excluding hydrogens is 102 g/mol. The van der Waals surface area contributed by atoms with Crippen molar-refractivity contribution < 1.29 is 31.7 Å². The molecular formula is C3H14AlLiO2.